The van der Waals surface area contributed by atoms with E-state index < -0.39 is 0 Å². The van der Waals surface area contributed by atoms with Gasteiger partial charge < -0.3 is 9.47 Å². The van der Waals surface area contributed by atoms with Crippen LogP contribution in [-0.4, -0.2) is 14.2 Å². The third kappa shape index (κ3) is 2.52. The number of allylic oxidation sites excluding steroid dienone is 1. The van der Waals surface area contributed by atoms with Gasteiger partial charge in [-0.3, -0.25) is 0 Å². The molecule has 0 aliphatic heterocycles. The first-order valence-electron chi connectivity index (χ1n) is 5.11. The first kappa shape index (κ1) is 11.6. The molecule has 0 saturated carbocycles. The molecular formula is C13H18O2. The van der Waals surface area contributed by atoms with E-state index in [1.807, 2.05) is 12.1 Å². The van der Waals surface area contributed by atoms with E-state index in [1.165, 1.54) is 11.1 Å². The standard InChI is InChI=1S/C13H18O2/c1-5-7-10-8-11(6-2)13(15-4)12(9-10)14-3/h5,8-9H,1,6-7H2,2-4H3. The normalized spacial score (nSPS) is 9.80. The lowest BCUT2D eigenvalue weighted by Crippen LogP contribution is -1.97. The molecule has 0 fully saturated rings. The van der Waals surface area contributed by atoms with Crippen LogP contribution in [0.2, 0.25) is 0 Å². The molecule has 2 heteroatoms. The van der Waals surface area contributed by atoms with Crippen LogP contribution < -0.4 is 9.47 Å². The van der Waals surface area contributed by atoms with Crippen LogP contribution in [0.15, 0.2) is 24.8 Å². The molecule has 0 aliphatic rings. The highest BCUT2D eigenvalue weighted by Crippen LogP contribution is 2.33. The summed E-state index contributed by atoms with van der Waals surface area (Å²) in [6.45, 7) is 5.84. The maximum Gasteiger partial charge on any atom is 0.163 e. The molecule has 15 heavy (non-hydrogen) atoms. The summed E-state index contributed by atoms with van der Waals surface area (Å²) in [6.07, 6.45) is 3.68. The van der Waals surface area contributed by atoms with Gasteiger partial charge in [0, 0.05) is 0 Å². The van der Waals surface area contributed by atoms with Gasteiger partial charge in [0.05, 0.1) is 14.2 Å². The molecule has 82 valence electrons. The van der Waals surface area contributed by atoms with Crippen molar-refractivity contribution >= 4 is 0 Å². The molecule has 0 atom stereocenters. The highest BCUT2D eigenvalue weighted by Gasteiger charge is 2.10. The molecule has 1 rings (SSSR count). The van der Waals surface area contributed by atoms with E-state index >= 15 is 0 Å². The Morgan fingerprint density at radius 2 is 2.00 bits per heavy atom. The van der Waals surface area contributed by atoms with Gasteiger partial charge in [-0.1, -0.05) is 19.1 Å². The maximum absolute atomic E-state index is 5.34. The van der Waals surface area contributed by atoms with Crippen molar-refractivity contribution in [2.24, 2.45) is 0 Å². The summed E-state index contributed by atoms with van der Waals surface area (Å²) in [5.74, 6) is 1.64. The molecular weight excluding hydrogens is 188 g/mol. The molecule has 2 nitrogen and oxygen atoms in total. The van der Waals surface area contributed by atoms with Crippen molar-refractivity contribution < 1.29 is 9.47 Å². The van der Waals surface area contributed by atoms with Gasteiger partial charge in [0.1, 0.15) is 0 Å². The zero-order valence-electron chi connectivity index (χ0n) is 9.67. The minimum Gasteiger partial charge on any atom is -0.493 e. The fourth-order valence-electron chi connectivity index (χ4n) is 1.65. The van der Waals surface area contributed by atoms with Gasteiger partial charge in [-0.25, -0.2) is 0 Å². The molecule has 0 N–H and O–H groups in total. The first-order valence-corrected chi connectivity index (χ1v) is 5.11. The van der Waals surface area contributed by atoms with Crippen LogP contribution in [0.3, 0.4) is 0 Å². The fraction of sp³-hybridized carbons (Fsp3) is 0.385. The van der Waals surface area contributed by atoms with E-state index in [9.17, 15) is 0 Å². The van der Waals surface area contributed by atoms with Crippen molar-refractivity contribution in [1.29, 1.82) is 0 Å². The first-order chi connectivity index (χ1) is 7.26. The number of benzene rings is 1. The molecule has 0 radical (unpaired) electrons. The lowest BCUT2D eigenvalue weighted by Gasteiger charge is -2.13. The molecule has 1 aromatic rings. The molecule has 0 saturated heterocycles. The summed E-state index contributed by atoms with van der Waals surface area (Å²) in [5, 5.41) is 0. The zero-order chi connectivity index (χ0) is 11.3. The molecule has 0 aliphatic carbocycles. The molecule has 0 aromatic heterocycles. The second kappa shape index (κ2) is 5.44. The summed E-state index contributed by atoms with van der Waals surface area (Å²) in [4.78, 5) is 0. The quantitative estimate of drug-likeness (QED) is 0.689. The minimum atomic E-state index is 0.800. The molecule has 0 heterocycles. The Kier molecular flexibility index (Phi) is 4.22. The van der Waals surface area contributed by atoms with Crippen molar-refractivity contribution in [2.45, 2.75) is 19.8 Å². The fourth-order valence-corrected chi connectivity index (χ4v) is 1.65. The molecule has 1 aromatic carbocycles. The molecule has 0 bridgehead atoms. The van der Waals surface area contributed by atoms with Crippen LogP contribution in [0.25, 0.3) is 0 Å². The summed E-state index contributed by atoms with van der Waals surface area (Å²) < 4.78 is 10.6. The van der Waals surface area contributed by atoms with Crippen LogP contribution in [-0.2, 0) is 12.8 Å². The van der Waals surface area contributed by atoms with Crippen molar-refractivity contribution in [3.05, 3.63) is 35.9 Å². The Morgan fingerprint density at radius 1 is 1.27 bits per heavy atom. The number of methoxy groups -OCH3 is 2. The van der Waals surface area contributed by atoms with E-state index in [2.05, 4.69) is 19.6 Å². The van der Waals surface area contributed by atoms with E-state index in [-0.39, 0.29) is 0 Å². The van der Waals surface area contributed by atoms with Crippen LogP contribution in [0.5, 0.6) is 11.5 Å². The van der Waals surface area contributed by atoms with Crippen LogP contribution in [0.4, 0.5) is 0 Å². The highest BCUT2D eigenvalue weighted by atomic mass is 16.5. The number of rotatable bonds is 5. The smallest absolute Gasteiger partial charge is 0.163 e. The van der Waals surface area contributed by atoms with Gasteiger partial charge in [-0.15, -0.1) is 6.58 Å². The van der Waals surface area contributed by atoms with Crippen LogP contribution in [0, 0.1) is 0 Å². The second-order valence-corrected chi connectivity index (χ2v) is 3.34. The Labute approximate surface area is 91.5 Å². The van der Waals surface area contributed by atoms with Gasteiger partial charge in [-0.05, 0) is 30.0 Å². The van der Waals surface area contributed by atoms with Crippen molar-refractivity contribution in [2.75, 3.05) is 14.2 Å². The Morgan fingerprint density at radius 3 is 2.47 bits per heavy atom. The van der Waals surface area contributed by atoms with Crippen molar-refractivity contribution in [3.63, 3.8) is 0 Å². The largest absolute Gasteiger partial charge is 0.493 e. The van der Waals surface area contributed by atoms with E-state index in [0.717, 1.165) is 24.3 Å². The monoisotopic (exact) mass is 206 g/mol. The summed E-state index contributed by atoms with van der Waals surface area (Å²) in [5.41, 5.74) is 2.38. The summed E-state index contributed by atoms with van der Waals surface area (Å²) >= 11 is 0. The van der Waals surface area contributed by atoms with Crippen molar-refractivity contribution in [1.82, 2.24) is 0 Å². The minimum absolute atomic E-state index is 0.800. The summed E-state index contributed by atoms with van der Waals surface area (Å²) in [7, 11) is 3.33. The SMILES string of the molecule is C=CCc1cc(CC)c(OC)c(OC)c1. The van der Waals surface area contributed by atoms with E-state index in [0.29, 0.717) is 0 Å². The average Bonchev–Trinajstić information content (AvgIpc) is 2.28. The lowest BCUT2D eigenvalue weighted by molar-refractivity contribution is 0.351. The Hall–Kier alpha value is -1.44. The molecule has 0 amide bonds. The number of hydrogen-bond donors (Lipinski definition) is 0. The Balaban J connectivity index is 3.22. The maximum atomic E-state index is 5.34. The van der Waals surface area contributed by atoms with Gasteiger partial charge in [0.15, 0.2) is 11.5 Å². The van der Waals surface area contributed by atoms with Gasteiger partial charge in [-0.2, -0.15) is 0 Å². The average molecular weight is 206 g/mol. The topological polar surface area (TPSA) is 18.5 Å². The van der Waals surface area contributed by atoms with Crippen molar-refractivity contribution in [3.8, 4) is 11.5 Å². The Bertz CT molecular complexity index is 317. The predicted octanol–water partition coefficient (Wildman–Crippen LogP) is 2.99. The number of aryl methyl sites for hydroxylation is 1. The van der Waals surface area contributed by atoms with Gasteiger partial charge in [0.25, 0.3) is 0 Å². The second-order valence-electron chi connectivity index (χ2n) is 3.34. The predicted molar refractivity (Wildman–Crippen MR) is 62.8 cm³/mol. The van der Waals surface area contributed by atoms with E-state index in [1.54, 1.807) is 14.2 Å². The highest BCUT2D eigenvalue weighted by molar-refractivity contribution is 5.49. The molecule has 0 spiro atoms. The van der Waals surface area contributed by atoms with E-state index in [4.69, 9.17) is 9.47 Å². The third-order valence-electron chi connectivity index (χ3n) is 2.38. The van der Waals surface area contributed by atoms with Gasteiger partial charge in [0.2, 0.25) is 0 Å². The van der Waals surface area contributed by atoms with Gasteiger partial charge >= 0.3 is 0 Å². The third-order valence-corrected chi connectivity index (χ3v) is 2.38. The number of hydrogen-bond acceptors (Lipinski definition) is 2. The molecule has 0 unspecified atom stereocenters. The van der Waals surface area contributed by atoms with Crippen LogP contribution >= 0.6 is 0 Å². The zero-order valence-corrected chi connectivity index (χ0v) is 9.67. The van der Waals surface area contributed by atoms with Crippen LogP contribution in [0.1, 0.15) is 18.1 Å². The number of ether oxygens (including phenoxy) is 2. The summed E-state index contributed by atoms with van der Waals surface area (Å²) in [6, 6.07) is 4.14. The lowest BCUT2D eigenvalue weighted by atomic mass is 10.0.